The third kappa shape index (κ3) is 6.06. The Balaban J connectivity index is 1.44. The second kappa shape index (κ2) is 12.7. The number of halogens is 3. The average Bonchev–Trinajstić information content (AvgIpc) is 3.12. The molecule has 0 saturated carbocycles. The highest BCUT2D eigenvalue weighted by Gasteiger charge is 2.45. The van der Waals surface area contributed by atoms with Gasteiger partial charge in [0.2, 0.25) is 0 Å². The first-order chi connectivity index (χ1) is 26.5. The van der Waals surface area contributed by atoms with Gasteiger partial charge in [-0.25, -0.2) is 0 Å². The molecule has 9 rings (SSSR count). The SMILES string of the molecule is Cc1ccccc1N1c2cc3cc(C(C)(C)C)ccc3cc2B2c3cc4ccc(C(C)(C)C)cc4cc3N(c3ccccc3C)c3cc(SC(F)(F)F)cc1c32. The first-order valence-electron chi connectivity index (χ1n) is 19.3. The molecule has 0 aliphatic carbocycles. The lowest BCUT2D eigenvalue weighted by molar-refractivity contribution is -0.0328. The molecule has 7 aromatic rings. The van der Waals surface area contributed by atoms with Gasteiger partial charge >= 0.3 is 5.51 Å². The van der Waals surface area contributed by atoms with E-state index in [2.05, 4.69) is 150 Å². The minimum absolute atomic E-state index is 0.0450. The number of alkyl halides is 3. The summed E-state index contributed by atoms with van der Waals surface area (Å²) in [6, 6.07) is 42.6. The van der Waals surface area contributed by atoms with E-state index in [1.54, 1.807) is 12.1 Å². The molecule has 0 radical (unpaired) electrons. The van der Waals surface area contributed by atoms with Gasteiger partial charge in [-0.1, -0.05) is 126 Å². The number of benzene rings is 7. The van der Waals surface area contributed by atoms with Crippen LogP contribution >= 0.6 is 11.8 Å². The maximum atomic E-state index is 14.5. The van der Waals surface area contributed by atoms with E-state index in [0.717, 1.165) is 83.2 Å². The predicted octanol–water partition coefficient (Wildman–Crippen LogP) is 12.9. The Labute approximate surface area is 332 Å². The largest absolute Gasteiger partial charge is 0.446 e. The highest BCUT2D eigenvalue weighted by atomic mass is 32.2. The van der Waals surface area contributed by atoms with E-state index in [1.165, 1.54) is 11.1 Å². The van der Waals surface area contributed by atoms with E-state index in [4.69, 9.17) is 0 Å². The van der Waals surface area contributed by atoms with Gasteiger partial charge in [-0.2, -0.15) is 13.2 Å². The molecule has 0 saturated heterocycles. The molecule has 280 valence electrons. The average molecular weight is 761 g/mol. The lowest BCUT2D eigenvalue weighted by Gasteiger charge is -2.45. The van der Waals surface area contributed by atoms with Crippen molar-refractivity contribution in [2.45, 2.75) is 76.6 Å². The number of rotatable bonds is 3. The second-order valence-corrected chi connectivity index (χ2v) is 18.7. The van der Waals surface area contributed by atoms with Crippen molar-refractivity contribution in [3.05, 3.63) is 144 Å². The molecule has 0 fully saturated rings. The molecule has 0 spiro atoms. The summed E-state index contributed by atoms with van der Waals surface area (Å²) < 4.78 is 43.5. The normalized spacial score (nSPS) is 13.9. The Bertz CT molecular complexity index is 2560. The highest BCUT2D eigenvalue weighted by Crippen LogP contribution is 2.49. The Morgan fingerprint density at radius 2 is 0.893 bits per heavy atom. The van der Waals surface area contributed by atoms with Crippen molar-refractivity contribution in [2.75, 3.05) is 9.80 Å². The lowest BCUT2D eigenvalue weighted by Crippen LogP contribution is -2.61. The summed E-state index contributed by atoms with van der Waals surface area (Å²) in [5, 5.41) is 4.47. The van der Waals surface area contributed by atoms with Crippen molar-refractivity contribution in [3.8, 4) is 0 Å². The first-order valence-corrected chi connectivity index (χ1v) is 20.1. The number of thioether (sulfide) groups is 1. The van der Waals surface area contributed by atoms with Crippen LogP contribution in [0.4, 0.5) is 47.3 Å². The van der Waals surface area contributed by atoms with E-state index in [9.17, 15) is 13.2 Å². The summed E-state index contributed by atoms with van der Waals surface area (Å²) in [5.41, 5.74) is 8.58. The Morgan fingerprint density at radius 3 is 1.29 bits per heavy atom. The molecule has 2 aliphatic rings. The van der Waals surface area contributed by atoms with Crippen molar-refractivity contribution < 1.29 is 13.2 Å². The fourth-order valence-corrected chi connectivity index (χ4v) is 9.34. The summed E-state index contributed by atoms with van der Waals surface area (Å²) in [5.74, 6) is 0. The molecular weight excluding hydrogens is 716 g/mol. The molecule has 56 heavy (non-hydrogen) atoms. The van der Waals surface area contributed by atoms with Crippen LogP contribution in [0.3, 0.4) is 0 Å². The van der Waals surface area contributed by atoms with Crippen LogP contribution in [0.5, 0.6) is 0 Å². The van der Waals surface area contributed by atoms with Gasteiger partial charge in [0.05, 0.1) is 0 Å². The standard InChI is InChI=1S/C49H44BF3N2S/c1-29-13-9-11-15-40(29)54-42-25-33-21-35(47(3,4)5)19-17-31(33)23-38(42)50-39-24-32-18-20-36(48(6,7)8)22-34(32)26-43(39)55(41-16-12-10-14-30(41)2)45-28-37(56-49(51,52)53)27-44(54)46(45)50/h9-28H,1-8H3. The molecule has 0 unspecified atom stereocenters. The first kappa shape index (κ1) is 36.5. The van der Waals surface area contributed by atoms with E-state index in [-0.39, 0.29) is 34.2 Å². The molecule has 0 bridgehead atoms. The van der Waals surface area contributed by atoms with Crippen molar-refractivity contribution in [2.24, 2.45) is 0 Å². The smallest absolute Gasteiger partial charge is 0.311 e. The fraction of sp³-hybridized carbons (Fsp3) is 0.224. The minimum Gasteiger partial charge on any atom is -0.311 e. The van der Waals surface area contributed by atoms with E-state index >= 15 is 0 Å². The molecule has 0 N–H and O–H groups in total. The molecule has 7 aromatic carbocycles. The van der Waals surface area contributed by atoms with Crippen molar-refractivity contribution in [3.63, 3.8) is 0 Å². The quantitative estimate of drug-likeness (QED) is 0.131. The van der Waals surface area contributed by atoms with Gasteiger partial charge < -0.3 is 9.80 Å². The number of anilines is 6. The third-order valence-electron chi connectivity index (χ3n) is 11.6. The van der Waals surface area contributed by atoms with Crippen LogP contribution in [0, 0.1) is 13.8 Å². The van der Waals surface area contributed by atoms with Crippen molar-refractivity contribution in [1.29, 1.82) is 0 Å². The zero-order chi connectivity index (χ0) is 39.5. The van der Waals surface area contributed by atoms with Gasteiger partial charge in [-0.15, -0.1) is 0 Å². The van der Waals surface area contributed by atoms with Gasteiger partial charge in [-0.05, 0) is 133 Å². The monoisotopic (exact) mass is 760 g/mol. The van der Waals surface area contributed by atoms with Gasteiger partial charge in [0.25, 0.3) is 6.71 Å². The minimum atomic E-state index is -4.47. The number of hydrogen-bond donors (Lipinski definition) is 0. The van der Waals surface area contributed by atoms with Gasteiger partial charge in [0.15, 0.2) is 0 Å². The van der Waals surface area contributed by atoms with Gasteiger partial charge in [0, 0.05) is 39.0 Å². The molecule has 2 heterocycles. The summed E-state index contributed by atoms with van der Waals surface area (Å²) >= 11 is -0.0450. The fourth-order valence-electron chi connectivity index (χ4n) is 8.73. The Morgan fingerprint density at radius 1 is 0.464 bits per heavy atom. The molecule has 7 heteroatoms. The summed E-state index contributed by atoms with van der Waals surface area (Å²) in [6.45, 7) is 17.2. The molecule has 2 nitrogen and oxygen atoms in total. The number of fused-ring (bicyclic) bond motifs is 6. The maximum Gasteiger partial charge on any atom is 0.446 e. The van der Waals surface area contributed by atoms with Crippen LogP contribution in [-0.4, -0.2) is 12.2 Å². The van der Waals surface area contributed by atoms with Gasteiger partial charge in [-0.3, -0.25) is 0 Å². The van der Waals surface area contributed by atoms with Crippen LogP contribution in [0.1, 0.15) is 63.8 Å². The number of nitrogens with zero attached hydrogens (tertiary/aromatic N) is 2. The lowest BCUT2D eigenvalue weighted by atomic mass is 9.33. The van der Waals surface area contributed by atoms with E-state index < -0.39 is 5.51 Å². The van der Waals surface area contributed by atoms with Crippen LogP contribution in [0.15, 0.2) is 126 Å². The Kier molecular flexibility index (Phi) is 8.27. The van der Waals surface area contributed by atoms with Crippen molar-refractivity contribution >= 4 is 90.5 Å². The molecule has 0 amide bonds. The van der Waals surface area contributed by atoms with Crippen LogP contribution in [0.25, 0.3) is 21.5 Å². The van der Waals surface area contributed by atoms with Crippen LogP contribution < -0.4 is 26.2 Å². The third-order valence-corrected chi connectivity index (χ3v) is 12.3. The second-order valence-electron chi connectivity index (χ2n) is 17.5. The molecule has 0 atom stereocenters. The summed E-state index contributed by atoms with van der Waals surface area (Å²) in [4.78, 5) is 4.60. The number of aryl methyl sites for hydroxylation is 2. The number of para-hydroxylation sites is 2. The summed E-state index contributed by atoms with van der Waals surface area (Å²) in [7, 11) is 0. The number of hydrogen-bond acceptors (Lipinski definition) is 3. The highest BCUT2D eigenvalue weighted by molar-refractivity contribution is 8.00. The van der Waals surface area contributed by atoms with E-state index in [1.807, 2.05) is 24.3 Å². The van der Waals surface area contributed by atoms with Crippen LogP contribution in [0.2, 0.25) is 0 Å². The van der Waals surface area contributed by atoms with E-state index in [0.29, 0.717) is 0 Å². The topological polar surface area (TPSA) is 6.48 Å². The van der Waals surface area contributed by atoms with Crippen molar-refractivity contribution in [1.82, 2.24) is 0 Å². The zero-order valence-corrected chi connectivity index (χ0v) is 33.9. The zero-order valence-electron chi connectivity index (χ0n) is 33.1. The molecule has 2 aliphatic heterocycles. The Hall–Kier alpha value is -5.14. The van der Waals surface area contributed by atoms with Crippen LogP contribution in [-0.2, 0) is 10.8 Å². The van der Waals surface area contributed by atoms with Gasteiger partial charge in [0.1, 0.15) is 0 Å². The summed E-state index contributed by atoms with van der Waals surface area (Å²) in [6.07, 6.45) is 0. The molecular formula is C49H44BF3N2S. The predicted molar refractivity (Wildman–Crippen MR) is 234 cm³/mol. The molecule has 0 aromatic heterocycles. The maximum absolute atomic E-state index is 14.5.